The summed E-state index contributed by atoms with van der Waals surface area (Å²) in [5.41, 5.74) is 0.674. The minimum atomic E-state index is -0.165. The van der Waals surface area contributed by atoms with Crippen LogP contribution in [0.3, 0.4) is 0 Å². The van der Waals surface area contributed by atoms with E-state index in [0.29, 0.717) is 17.7 Å². The first-order valence-corrected chi connectivity index (χ1v) is 10.5. The van der Waals surface area contributed by atoms with E-state index in [2.05, 4.69) is 6.92 Å². The van der Waals surface area contributed by atoms with Crippen molar-refractivity contribution in [3.05, 3.63) is 29.8 Å². The summed E-state index contributed by atoms with van der Waals surface area (Å²) in [6.07, 6.45) is 4.34. The van der Waals surface area contributed by atoms with Gasteiger partial charge in [-0.1, -0.05) is 19.4 Å². The number of hydrogen-bond acceptors (Lipinski definition) is 4. The van der Waals surface area contributed by atoms with Gasteiger partial charge in [-0.2, -0.15) is 0 Å². The van der Waals surface area contributed by atoms with Gasteiger partial charge >= 0.3 is 0 Å². The first-order chi connectivity index (χ1) is 12.6. The van der Waals surface area contributed by atoms with Crippen molar-refractivity contribution >= 4 is 23.6 Å². The molecule has 0 atom stereocenters. The molecule has 0 aliphatic carbocycles. The molecule has 6 heteroatoms. The lowest BCUT2D eigenvalue weighted by atomic mass is 10.00. The second-order valence-corrected chi connectivity index (χ2v) is 8.42. The molecule has 0 N–H and O–H groups in total. The lowest BCUT2D eigenvalue weighted by Crippen LogP contribution is -2.53. The quantitative estimate of drug-likeness (QED) is 0.790. The topological polar surface area (TPSA) is 49.9 Å². The molecule has 0 aromatic heterocycles. The molecular formula is C20H28N2O3S. The highest BCUT2D eigenvalue weighted by molar-refractivity contribution is 8.00. The lowest BCUT2D eigenvalue weighted by molar-refractivity contribution is -0.132. The van der Waals surface area contributed by atoms with E-state index in [1.54, 1.807) is 7.11 Å². The van der Waals surface area contributed by atoms with Gasteiger partial charge in [-0.05, 0) is 37.5 Å². The Morgan fingerprint density at radius 3 is 2.69 bits per heavy atom. The Hall–Kier alpha value is -1.69. The van der Waals surface area contributed by atoms with E-state index in [1.807, 2.05) is 45.8 Å². The number of unbranched alkanes of at least 4 members (excludes halogenated alkanes) is 1. The van der Waals surface area contributed by atoms with Crippen molar-refractivity contribution in [3.63, 3.8) is 0 Å². The summed E-state index contributed by atoms with van der Waals surface area (Å²) in [6, 6.07) is 7.37. The predicted molar refractivity (Wildman–Crippen MR) is 105 cm³/mol. The molecule has 1 aromatic rings. The van der Waals surface area contributed by atoms with Gasteiger partial charge in [0.05, 0.1) is 12.0 Å². The van der Waals surface area contributed by atoms with Gasteiger partial charge in [-0.3, -0.25) is 9.59 Å². The minimum absolute atomic E-state index is 0.0691. The molecule has 2 amide bonds. The van der Waals surface area contributed by atoms with Crippen molar-refractivity contribution in [1.82, 2.24) is 9.80 Å². The molecule has 2 saturated heterocycles. The largest absolute Gasteiger partial charge is 0.497 e. The Morgan fingerprint density at radius 1 is 1.23 bits per heavy atom. The van der Waals surface area contributed by atoms with Crippen molar-refractivity contribution in [2.75, 3.05) is 32.5 Å². The zero-order chi connectivity index (χ0) is 18.6. The van der Waals surface area contributed by atoms with E-state index in [-0.39, 0.29) is 16.7 Å². The Kier molecular flexibility index (Phi) is 6.12. The van der Waals surface area contributed by atoms with Gasteiger partial charge in [-0.15, -0.1) is 11.8 Å². The fourth-order valence-electron chi connectivity index (χ4n) is 3.81. The normalized spacial score (nSPS) is 19.0. The van der Waals surface area contributed by atoms with Crippen LogP contribution in [0.25, 0.3) is 0 Å². The van der Waals surface area contributed by atoms with Crippen LogP contribution in [-0.4, -0.2) is 59.0 Å². The highest BCUT2D eigenvalue weighted by Crippen LogP contribution is 2.44. The Morgan fingerprint density at radius 2 is 2.00 bits per heavy atom. The fraction of sp³-hybridized carbons (Fsp3) is 0.600. The van der Waals surface area contributed by atoms with E-state index in [9.17, 15) is 9.59 Å². The smallest absolute Gasteiger partial charge is 0.255 e. The molecule has 2 aliphatic rings. The second kappa shape index (κ2) is 8.33. The monoisotopic (exact) mass is 376 g/mol. The number of nitrogens with zero attached hydrogens (tertiary/aromatic N) is 2. The van der Waals surface area contributed by atoms with Crippen molar-refractivity contribution < 1.29 is 14.3 Å². The van der Waals surface area contributed by atoms with Crippen LogP contribution in [0.4, 0.5) is 0 Å². The number of likely N-dealkylation sites (tertiary alicyclic amines) is 1. The summed E-state index contributed by atoms with van der Waals surface area (Å²) in [5.74, 6) is 1.99. The maximum absolute atomic E-state index is 13.1. The summed E-state index contributed by atoms with van der Waals surface area (Å²) >= 11 is 1.87. The van der Waals surface area contributed by atoms with Crippen LogP contribution in [-0.2, 0) is 4.79 Å². The molecule has 2 fully saturated rings. The van der Waals surface area contributed by atoms with Crippen LogP contribution in [0.5, 0.6) is 5.75 Å². The number of ether oxygens (including phenoxy) is 1. The van der Waals surface area contributed by atoms with Gasteiger partial charge in [0.15, 0.2) is 0 Å². The van der Waals surface area contributed by atoms with Crippen molar-refractivity contribution in [3.8, 4) is 5.75 Å². The summed E-state index contributed by atoms with van der Waals surface area (Å²) in [6.45, 7) is 4.37. The number of benzene rings is 1. The van der Waals surface area contributed by atoms with Crippen LogP contribution in [0, 0.1) is 0 Å². The highest BCUT2D eigenvalue weighted by atomic mass is 32.2. The molecule has 142 valence electrons. The summed E-state index contributed by atoms with van der Waals surface area (Å²) in [4.78, 5) is 29.3. The molecule has 1 aromatic carbocycles. The van der Waals surface area contributed by atoms with E-state index >= 15 is 0 Å². The molecule has 0 unspecified atom stereocenters. The zero-order valence-corrected chi connectivity index (χ0v) is 16.5. The molecule has 0 saturated carbocycles. The maximum atomic E-state index is 13.1. The molecular weight excluding hydrogens is 348 g/mol. The number of hydrogen-bond donors (Lipinski definition) is 0. The zero-order valence-electron chi connectivity index (χ0n) is 15.7. The molecule has 2 heterocycles. The van der Waals surface area contributed by atoms with Crippen LogP contribution in [0.1, 0.15) is 49.4 Å². The van der Waals surface area contributed by atoms with Gasteiger partial charge in [0.2, 0.25) is 5.91 Å². The molecule has 0 bridgehead atoms. The highest BCUT2D eigenvalue weighted by Gasteiger charge is 2.46. The number of piperidine rings is 1. The minimum Gasteiger partial charge on any atom is -0.497 e. The third-order valence-corrected chi connectivity index (χ3v) is 6.93. The first-order valence-electron chi connectivity index (χ1n) is 9.47. The van der Waals surface area contributed by atoms with Gasteiger partial charge in [-0.25, -0.2) is 0 Å². The van der Waals surface area contributed by atoms with Gasteiger partial charge in [0.1, 0.15) is 5.75 Å². The van der Waals surface area contributed by atoms with Gasteiger partial charge in [0, 0.05) is 37.4 Å². The van der Waals surface area contributed by atoms with Crippen molar-refractivity contribution in [1.29, 1.82) is 0 Å². The summed E-state index contributed by atoms with van der Waals surface area (Å²) in [5, 5.41) is 0. The van der Waals surface area contributed by atoms with E-state index in [0.717, 1.165) is 51.1 Å². The number of carbonyl (C=O) groups excluding carboxylic acids is 2. The third kappa shape index (κ3) is 3.85. The number of carbonyl (C=O) groups is 2. The van der Waals surface area contributed by atoms with E-state index in [1.165, 1.54) is 0 Å². The van der Waals surface area contributed by atoms with Crippen molar-refractivity contribution in [2.45, 2.75) is 43.9 Å². The van der Waals surface area contributed by atoms with Crippen molar-refractivity contribution in [2.24, 2.45) is 0 Å². The van der Waals surface area contributed by atoms with Crippen LogP contribution in [0.15, 0.2) is 24.3 Å². The summed E-state index contributed by atoms with van der Waals surface area (Å²) < 4.78 is 5.26. The molecule has 1 spiro atoms. The first kappa shape index (κ1) is 19.1. The molecule has 3 rings (SSSR count). The molecule has 26 heavy (non-hydrogen) atoms. The van der Waals surface area contributed by atoms with Gasteiger partial charge < -0.3 is 14.5 Å². The fourth-order valence-corrected chi connectivity index (χ4v) is 5.27. The predicted octanol–water partition coefficient (Wildman–Crippen LogP) is 3.39. The molecule has 2 aliphatic heterocycles. The SMILES string of the molecule is CCCCC(=O)N1CCC2(CC1)SCCN2C(=O)c1cccc(OC)c1. The third-order valence-electron chi connectivity index (χ3n) is 5.38. The molecule has 5 nitrogen and oxygen atoms in total. The number of methoxy groups -OCH3 is 1. The number of thioether (sulfide) groups is 1. The average molecular weight is 377 g/mol. The van der Waals surface area contributed by atoms with Crippen LogP contribution >= 0.6 is 11.8 Å². The summed E-state index contributed by atoms with van der Waals surface area (Å²) in [7, 11) is 1.61. The Balaban J connectivity index is 1.68. The average Bonchev–Trinajstić information content (AvgIpc) is 3.09. The number of amides is 2. The lowest BCUT2D eigenvalue weighted by Gasteiger charge is -2.44. The number of rotatable bonds is 5. The Bertz CT molecular complexity index is 656. The van der Waals surface area contributed by atoms with E-state index in [4.69, 9.17) is 4.74 Å². The standard InChI is InChI=1S/C20H28N2O3S/c1-3-4-8-18(23)21-11-9-20(10-12-21)22(13-14-26-20)19(24)16-6-5-7-17(15-16)25-2/h5-7,15H,3-4,8-14H2,1-2H3. The van der Waals surface area contributed by atoms with Crippen LogP contribution < -0.4 is 4.74 Å². The maximum Gasteiger partial charge on any atom is 0.255 e. The Labute approximate surface area is 160 Å². The van der Waals surface area contributed by atoms with E-state index < -0.39 is 0 Å². The molecule has 0 radical (unpaired) electrons. The van der Waals surface area contributed by atoms with Crippen LogP contribution in [0.2, 0.25) is 0 Å². The van der Waals surface area contributed by atoms with Gasteiger partial charge in [0.25, 0.3) is 5.91 Å². The second-order valence-electron chi connectivity index (χ2n) is 6.97.